The molecular formula is C8H16F2N4O4Ti2. The van der Waals surface area contributed by atoms with Crippen LogP contribution in [0.25, 0.3) is 0 Å². The molecule has 0 aromatic carbocycles. The first-order valence-electron chi connectivity index (χ1n) is 4.82. The summed E-state index contributed by atoms with van der Waals surface area (Å²) in [6, 6.07) is 0. The van der Waals surface area contributed by atoms with Crippen molar-refractivity contribution >= 4 is 23.6 Å². The number of carbonyl (C=O) groups is 4. The topological polar surface area (TPSA) is 116 Å². The largest absolute Gasteiger partial charge is 1.00 e. The Morgan fingerprint density at radius 2 is 0.700 bits per heavy atom. The molecule has 0 spiro atoms. The fourth-order valence-electron chi connectivity index (χ4n) is 0.415. The van der Waals surface area contributed by atoms with E-state index in [0.29, 0.717) is 0 Å². The quantitative estimate of drug-likeness (QED) is 0.370. The number of halogens is 2. The molecule has 0 saturated carbocycles. The first-order valence-corrected chi connectivity index (χ1v) is 7.94. The van der Waals surface area contributed by atoms with Gasteiger partial charge in [0.15, 0.2) is 0 Å². The van der Waals surface area contributed by atoms with Crippen LogP contribution in [0.1, 0.15) is 27.7 Å². The first kappa shape index (κ1) is 27.5. The Hall–Kier alpha value is -0.831. The number of hydrogen-bond donors (Lipinski definition) is 4. The third kappa shape index (κ3) is 36.0. The van der Waals surface area contributed by atoms with Gasteiger partial charge in [0.05, 0.1) is 0 Å². The minimum absolute atomic E-state index is 0. The van der Waals surface area contributed by atoms with Crippen LogP contribution in [0, 0.1) is 0 Å². The van der Waals surface area contributed by atoms with Crippen molar-refractivity contribution in [1.29, 1.82) is 0 Å². The van der Waals surface area contributed by atoms with Gasteiger partial charge in [0.25, 0.3) is 0 Å². The summed E-state index contributed by atoms with van der Waals surface area (Å²) >= 11 is -1.55. The number of hydrogen-bond acceptors (Lipinski definition) is 4. The van der Waals surface area contributed by atoms with Crippen molar-refractivity contribution in [3.05, 3.63) is 0 Å². The summed E-state index contributed by atoms with van der Waals surface area (Å²) in [7, 11) is 0. The van der Waals surface area contributed by atoms with Crippen molar-refractivity contribution in [3.8, 4) is 0 Å². The van der Waals surface area contributed by atoms with Crippen molar-refractivity contribution < 1.29 is 67.9 Å². The van der Waals surface area contributed by atoms with E-state index in [1.807, 2.05) is 0 Å². The molecule has 20 heavy (non-hydrogen) atoms. The summed E-state index contributed by atoms with van der Waals surface area (Å²) in [6.07, 6.45) is 0. The second kappa shape index (κ2) is 18.2. The van der Waals surface area contributed by atoms with E-state index in [1.165, 1.54) is 27.7 Å². The van der Waals surface area contributed by atoms with Crippen LogP contribution in [-0.2, 0) is 58.5 Å². The Bertz CT molecular complexity index is 263. The molecule has 0 fully saturated rings. The zero-order valence-electron chi connectivity index (χ0n) is 11.4. The average Bonchev–Trinajstić information content (AvgIpc) is 2.15. The van der Waals surface area contributed by atoms with Crippen molar-refractivity contribution in [2.45, 2.75) is 27.7 Å². The van der Waals surface area contributed by atoms with Gasteiger partial charge in [0, 0.05) is 0 Å². The molecule has 0 unspecified atom stereocenters. The normalized spacial score (nSPS) is 6.60. The first-order chi connectivity index (χ1) is 8.25. The van der Waals surface area contributed by atoms with Crippen LogP contribution in [0.3, 0.4) is 0 Å². The second-order valence-corrected chi connectivity index (χ2v) is 5.32. The van der Waals surface area contributed by atoms with Crippen molar-refractivity contribution in [1.82, 2.24) is 15.2 Å². The van der Waals surface area contributed by atoms with Crippen LogP contribution in [0.2, 0.25) is 0 Å². The van der Waals surface area contributed by atoms with Crippen molar-refractivity contribution in [2.24, 2.45) is 0 Å². The molecule has 0 aliphatic carbocycles. The predicted molar refractivity (Wildman–Crippen MR) is 55.3 cm³/mol. The minimum atomic E-state index is -0.773. The van der Waals surface area contributed by atoms with Gasteiger partial charge in [-0.2, -0.15) is 0 Å². The van der Waals surface area contributed by atoms with E-state index in [4.69, 9.17) is 0 Å². The van der Waals surface area contributed by atoms with E-state index in [1.54, 1.807) is 0 Å². The number of nitrogens with one attached hydrogen (secondary N) is 4. The number of amides is 4. The Balaban J connectivity index is -0.000000116. The van der Waals surface area contributed by atoms with Crippen molar-refractivity contribution in [3.63, 3.8) is 0 Å². The Kier molecular flexibility index (Phi) is 25.0. The molecule has 114 valence electrons. The average molecular weight is 366 g/mol. The van der Waals surface area contributed by atoms with E-state index < -0.39 is 39.3 Å². The third-order valence-electron chi connectivity index (χ3n) is 0.954. The van der Waals surface area contributed by atoms with E-state index in [9.17, 15) is 19.2 Å². The molecule has 4 N–H and O–H groups in total. The molecule has 8 nitrogen and oxygen atoms in total. The maximum atomic E-state index is 10.2. The van der Waals surface area contributed by atoms with Crippen LogP contribution >= 0.6 is 0 Å². The Morgan fingerprint density at radius 1 is 0.550 bits per heavy atom. The van der Waals surface area contributed by atoms with Gasteiger partial charge in [-0.25, -0.2) is 0 Å². The molecule has 0 aliphatic heterocycles. The van der Waals surface area contributed by atoms with Gasteiger partial charge < -0.3 is 9.41 Å². The molecule has 0 aromatic rings. The predicted octanol–water partition coefficient (Wildman–Crippen LogP) is -7.65. The fraction of sp³-hybridized carbons (Fsp3) is 0.500. The van der Waals surface area contributed by atoms with E-state index in [2.05, 4.69) is 15.2 Å². The molecule has 0 aromatic heterocycles. The van der Waals surface area contributed by atoms with Crippen molar-refractivity contribution in [2.75, 3.05) is 0 Å². The van der Waals surface area contributed by atoms with Gasteiger partial charge in [-0.3, -0.25) is 0 Å². The smallest absolute Gasteiger partial charge is 1.00 e. The molecule has 0 heterocycles. The van der Waals surface area contributed by atoms with Crippen LogP contribution in [-0.4, -0.2) is 23.6 Å². The monoisotopic (exact) mass is 366 g/mol. The van der Waals surface area contributed by atoms with Gasteiger partial charge in [-0.15, -0.1) is 0 Å². The maximum Gasteiger partial charge on any atom is -1.00 e. The van der Waals surface area contributed by atoms with Gasteiger partial charge >= 0.3 is 125 Å². The minimum Gasteiger partial charge on any atom is -1.00 e. The Morgan fingerprint density at radius 3 is 0.800 bits per heavy atom. The van der Waals surface area contributed by atoms with Crippen LogP contribution < -0.4 is 24.6 Å². The molecule has 0 aliphatic rings. The van der Waals surface area contributed by atoms with Crippen LogP contribution in [0.15, 0.2) is 0 Å². The van der Waals surface area contributed by atoms with Gasteiger partial charge in [0.1, 0.15) is 0 Å². The van der Waals surface area contributed by atoms with Crippen LogP contribution in [0.5, 0.6) is 0 Å². The van der Waals surface area contributed by atoms with E-state index in [-0.39, 0.29) is 33.0 Å². The maximum absolute atomic E-state index is 10.2. The summed E-state index contributed by atoms with van der Waals surface area (Å²) in [5.74, 6) is -0.375. The second-order valence-electron chi connectivity index (χ2n) is 2.97. The van der Waals surface area contributed by atoms with E-state index in [0.717, 1.165) is 0 Å². The SMILES string of the molecule is CC(=O)[NH][Ti+][NH]C(C)=O.CC(=O)[NH][Ti+][NH]C(C)=O.[F-].[F-]. The standard InChI is InChI=1S/4C2H5NO.2FH.2Ti/c4*1-2(3)4;;;;/h4*1H3,(H2,3,4);2*1H;;/q;;;;;;2*+3/p-6. The fourth-order valence-corrected chi connectivity index (χ4v) is 1.71. The zero-order valence-corrected chi connectivity index (χ0v) is 14.5. The third-order valence-corrected chi connectivity index (χ3v) is 3.93. The molecule has 0 rings (SSSR count). The number of carbonyl (C=O) groups excluding carboxylic acids is 4. The summed E-state index contributed by atoms with van der Waals surface area (Å²) < 4.78 is 10.1. The summed E-state index contributed by atoms with van der Waals surface area (Å²) in [5, 5.41) is 0. The summed E-state index contributed by atoms with van der Waals surface area (Å²) in [5.41, 5.74) is 0. The molecule has 12 heteroatoms. The van der Waals surface area contributed by atoms with Gasteiger partial charge in [-0.1, -0.05) is 0 Å². The molecule has 0 radical (unpaired) electrons. The molecule has 0 saturated heterocycles. The molecule has 4 amide bonds. The van der Waals surface area contributed by atoms with Gasteiger partial charge in [0.2, 0.25) is 0 Å². The molecular weight excluding hydrogens is 350 g/mol. The van der Waals surface area contributed by atoms with E-state index >= 15 is 0 Å². The van der Waals surface area contributed by atoms with Gasteiger partial charge in [-0.05, 0) is 0 Å². The number of rotatable bonds is 4. The van der Waals surface area contributed by atoms with Crippen LogP contribution in [0.4, 0.5) is 0 Å². The summed E-state index contributed by atoms with van der Waals surface area (Å²) in [6.45, 7) is 5.69. The summed E-state index contributed by atoms with van der Waals surface area (Å²) in [4.78, 5) is 40.8. The zero-order chi connectivity index (χ0) is 14.6. The Labute approximate surface area is 134 Å². The molecule has 0 atom stereocenters. The molecule has 0 bridgehead atoms.